The minimum absolute atomic E-state index is 0.150. The van der Waals surface area contributed by atoms with Crippen LogP contribution in [0.3, 0.4) is 0 Å². The minimum Gasteiger partial charge on any atom is -0.365 e. The summed E-state index contributed by atoms with van der Waals surface area (Å²) in [6.07, 6.45) is -2.52. The lowest BCUT2D eigenvalue weighted by Crippen LogP contribution is -2.47. The predicted octanol–water partition coefficient (Wildman–Crippen LogP) is 5.19. The molecule has 1 amide bonds. The molecule has 4 atom stereocenters. The topological polar surface area (TPSA) is 38.3 Å². The summed E-state index contributed by atoms with van der Waals surface area (Å²) < 4.78 is 44.3. The summed E-state index contributed by atoms with van der Waals surface area (Å²) in [5.74, 6) is -1.82. The second kappa shape index (κ2) is 9.21. The Hall–Kier alpha value is -1.82. The average molecular weight is 371 g/mol. The number of carbonyl (C=O) groups is 1. The lowest BCUT2D eigenvalue weighted by atomic mass is 9.84. The maximum absolute atomic E-state index is 12.7. The van der Waals surface area contributed by atoms with Crippen molar-refractivity contribution in [1.29, 1.82) is 0 Å². The number of alkyl halides is 3. The van der Waals surface area contributed by atoms with Gasteiger partial charge in [0.2, 0.25) is 0 Å². The number of benzene rings is 1. The number of hydrogen-bond acceptors (Lipinski definition) is 2. The van der Waals surface area contributed by atoms with Crippen molar-refractivity contribution in [2.24, 2.45) is 5.92 Å². The quantitative estimate of drug-likeness (QED) is 0.607. The molecule has 146 valence electrons. The summed E-state index contributed by atoms with van der Waals surface area (Å²) in [7, 11) is 0. The summed E-state index contributed by atoms with van der Waals surface area (Å²) in [5.41, 5.74) is 0.0925. The Morgan fingerprint density at radius 2 is 1.85 bits per heavy atom. The van der Waals surface area contributed by atoms with Crippen molar-refractivity contribution in [3.05, 3.63) is 48.6 Å². The highest BCUT2D eigenvalue weighted by Crippen LogP contribution is 2.36. The van der Waals surface area contributed by atoms with Gasteiger partial charge >= 0.3 is 12.1 Å². The number of ether oxygens (including phenoxy) is 1. The second-order valence-corrected chi connectivity index (χ2v) is 6.82. The van der Waals surface area contributed by atoms with Gasteiger partial charge in [0, 0.05) is 0 Å². The summed E-state index contributed by atoms with van der Waals surface area (Å²) in [4.78, 5) is 11.4. The number of halogens is 3. The first kappa shape index (κ1) is 22.2. The highest BCUT2D eigenvalue weighted by Gasteiger charge is 2.41. The molecule has 1 N–H and O–H groups in total. The van der Waals surface area contributed by atoms with E-state index in [0.717, 1.165) is 6.42 Å². The van der Waals surface area contributed by atoms with Gasteiger partial charge in [0.15, 0.2) is 0 Å². The van der Waals surface area contributed by atoms with E-state index in [2.05, 4.69) is 6.58 Å². The van der Waals surface area contributed by atoms with Crippen molar-refractivity contribution >= 4 is 5.91 Å². The van der Waals surface area contributed by atoms with Crippen molar-refractivity contribution in [3.8, 4) is 0 Å². The van der Waals surface area contributed by atoms with Crippen LogP contribution in [0.15, 0.2) is 43.0 Å². The van der Waals surface area contributed by atoms with Crippen LogP contribution in [0.1, 0.15) is 52.2 Å². The van der Waals surface area contributed by atoms with Crippen molar-refractivity contribution < 1.29 is 22.7 Å². The van der Waals surface area contributed by atoms with E-state index in [1.54, 1.807) is 30.3 Å². The SMILES string of the molecule is C=CC[C@@](C)(O[C@H](c1ccccc1)[C@@H](C)NC(=O)C(F)(F)F)[C@H](C)CC. The molecule has 0 bridgehead atoms. The molecule has 1 rings (SSSR count). The molecule has 6 heteroatoms. The summed E-state index contributed by atoms with van der Waals surface area (Å²) in [5, 5.41) is 2.03. The number of carbonyl (C=O) groups excluding carboxylic acids is 1. The van der Waals surface area contributed by atoms with E-state index < -0.39 is 29.8 Å². The lowest BCUT2D eigenvalue weighted by molar-refractivity contribution is -0.177. The van der Waals surface area contributed by atoms with Gasteiger partial charge in [-0.05, 0) is 31.7 Å². The molecule has 0 aliphatic rings. The van der Waals surface area contributed by atoms with Crippen molar-refractivity contribution in [2.45, 2.75) is 64.5 Å². The van der Waals surface area contributed by atoms with Crippen LogP contribution < -0.4 is 5.32 Å². The lowest BCUT2D eigenvalue weighted by Gasteiger charge is -2.40. The second-order valence-electron chi connectivity index (χ2n) is 6.82. The molecule has 0 aliphatic heterocycles. The van der Waals surface area contributed by atoms with Crippen LogP contribution in [0.2, 0.25) is 0 Å². The maximum Gasteiger partial charge on any atom is 0.471 e. The van der Waals surface area contributed by atoms with Crippen molar-refractivity contribution in [3.63, 3.8) is 0 Å². The zero-order valence-electron chi connectivity index (χ0n) is 15.8. The molecular weight excluding hydrogens is 343 g/mol. The van der Waals surface area contributed by atoms with E-state index in [4.69, 9.17) is 4.74 Å². The fourth-order valence-corrected chi connectivity index (χ4v) is 2.84. The van der Waals surface area contributed by atoms with Crippen LogP contribution in [0.4, 0.5) is 13.2 Å². The van der Waals surface area contributed by atoms with Gasteiger partial charge in [0.1, 0.15) is 6.10 Å². The highest BCUT2D eigenvalue weighted by molar-refractivity contribution is 5.82. The molecule has 0 aliphatic carbocycles. The van der Waals surface area contributed by atoms with Gasteiger partial charge in [-0.25, -0.2) is 0 Å². The first-order valence-corrected chi connectivity index (χ1v) is 8.76. The molecule has 1 aromatic rings. The molecule has 0 radical (unpaired) electrons. The van der Waals surface area contributed by atoms with E-state index in [1.165, 1.54) is 6.92 Å². The minimum atomic E-state index is -4.93. The summed E-state index contributed by atoms with van der Waals surface area (Å²) >= 11 is 0. The Labute approximate surface area is 153 Å². The molecule has 26 heavy (non-hydrogen) atoms. The Morgan fingerprint density at radius 3 is 2.31 bits per heavy atom. The van der Waals surface area contributed by atoms with Crippen LogP contribution in [-0.4, -0.2) is 23.7 Å². The van der Waals surface area contributed by atoms with Gasteiger partial charge in [0.05, 0.1) is 11.6 Å². The smallest absolute Gasteiger partial charge is 0.365 e. The highest BCUT2D eigenvalue weighted by atomic mass is 19.4. The average Bonchev–Trinajstić information content (AvgIpc) is 2.59. The third-order valence-corrected chi connectivity index (χ3v) is 4.80. The zero-order valence-corrected chi connectivity index (χ0v) is 15.8. The van der Waals surface area contributed by atoms with E-state index in [9.17, 15) is 18.0 Å². The Morgan fingerprint density at radius 1 is 1.27 bits per heavy atom. The molecule has 0 spiro atoms. The van der Waals surface area contributed by atoms with Gasteiger partial charge in [-0.15, -0.1) is 6.58 Å². The Kier molecular flexibility index (Phi) is 7.87. The zero-order chi connectivity index (χ0) is 20.0. The van der Waals surface area contributed by atoms with Crippen molar-refractivity contribution in [1.82, 2.24) is 5.32 Å². The van der Waals surface area contributed by atoms with E-state index >= 15 is 0 Å². The predicted molar refractivity (Wildman–Crippen MR) is 96.6 cm³/mol. The van der Waals surface area contributed by atoms with Crippen LogP contribution in [0, 0.1) is 5.92 Å². The summed E-state index contributed by atoms with van der Waals surface area (Å²) in [6.45, 7) is 11.3. The van der Waals surface area contributed by atoms with Gasteiger partial charge < -0.3 is 10.1 Å². The largest absolute Gasteiger partial charge is 0.471 e. The van der Waals surface area contributed by atoms with Crippen LogP contribution in [0.25, 0.3) is 0 Å². The molecule has 0 unspecified atom stereocenters. The maximum atomic E-state index is 12.7. The molecule has 3 nitrogen and oxygen atoms in total. The number of nitrogens with one attached hydrogen (secondary N) is 1. The van der Waals surface area contributed by atoms with Crippen LogP contribution in [-0.2, 0) is 9.53 Å². The van der Waals surface area contributed by atoms with Gasteiger partial charge in [-0.2, -0.15) is 13.2 Å². The molecule has 1 aromatic carbocycles. The number of amides is 1. The fraction of sp³-hybridized carbons (Fsp3) is 0.550. The first-order valence-electron chi connectivity index (χ1n) is 8.76. The third kappa shape index (κ3) is 5.87. The molecule has 0 fully saturated rings. The van der Waals surface area contributed by atoms with Crippen LogP contribution >= 0.6 is 0 Å². The standard InChI is InChI=1S/C20H28F3NO2/c1-6-13-19(5,14(3)7-2)26-17(16-11-9-8-10-12-16)15(4)24-18(25)20(21,22)23/h6,8-12,14-15,17H,1,7,13H2,2-5H3,(H,24,25)/t14-,15-,17+,19-/m1/s1. The molecule has 0 saturated heterocycles. The van der Waals surface area contributed by atoms with Gasteiger partial charge in [-0.1, -0.05) is 56.7 Å². The normalized spacial score (nSPS) is 17.7. The molecule has 0 saturated carbocycles. The molecule has 0 aromatic heterocycles. The Balaban J connectivity index is 3.17. The molecular formula is C20H28F3NO2. The van der Waals surface area contributed by atoms with E-state index in [0.29, 0.717) is 12.0 Å². The Bertz CT molecular complexity index is 588. The first-order chi connectivity index (χ1) is 12.0. The third-order valence-electron chi connectivity index (χ3n) is 4.80. The van der Waals surface area contributed by atoms with Crippen molar-refractivity contribution in [2.75, 3.05) is 0 Å². The van der Waals surface area contributed by atoms with E-state index in [-0.39, 0.29) is 5.92 Å². The van der Waals surface area contributed by atoms with E-state index in [1.807, 2.05) is 32.2 Å². The van der Waals surface area contributed by atoms with Gasteiger partial charge in [-0.3, -0.25) is 4.79 Å². The number of hydrogen-bond donors (Lipinski definition) is 1. The number of rotatable bonds is 9. The van der Waals surface area contributed by atoms with Gasteiger partial charge in [0.25, 0.3) is 0 Å². The summed E-state index contributed by atoms with van der Waals surface area (Å²) in [6, 6.07) is 8.10. The van der Waals surface area contributed by atoms with Crippen LogP contribution in [0.5, 0.6) is 0 Å². The fourth-order valence-electron chi connectivity index (χ4n) is 2.84. The molecule has 0 heterocycles. The monoisotopic (exact) mass is 371 g/mol.